The van der Waals surface area contributed by atoms with E-state index in [0.29, 0.717) is 11.4 Å². The molecule has 0 unspecified atom stereocenters. The summed E-state index contributed by atoms with van der Waals surface area (Å²) in [7, 11) is 0. The number of aromatic hydroxyl groups is 1. The van der Waals surface area contributed by atoms with Crippen LogP contribution in [0.5, 0.6) is 5.75 Å². The van der Waals surface area contributed by atoms with Gasteiger partial charge in [0.2, 0.25) is 0 Å². The third kappa shape index (κ3) is 8.32. The molecule has 3 aromatic heterocycles. The number of hydrogen-bond acceptors (Lipinski definition) is 4. The maximum absolute atomic E-state index is 12.7. The van der Waals surface area contributed by atoms with Crippen LogP contribution in [0.2, 0.25) is 0 Å². The average molecular weight is 1140 g/mol. The fourth-order valence-corrected chi connectivity index (χ4v) is 10.7. The summed E-state index contributed by atoms with van der Waals surface area (Å²) in [5.41, 5.74) is 15.0. The zero-order valence-electron chi connectivity index (χ0n) is 43.3. The first kappa shape index (κ1) is 48.7. The van der Waals surface area contributed by atoms with Crippen LogP contribution in [0.15, 0.2) is 187 Å². The van der Waals surface area contributed by atoms with Crippen molar-refractivity contribution < 1.29 is 30.6 Å². The van der Waals surface area contributed by atoms with E-state index in [1.165, 1.54) is 5.56 Å². The van der Waals surface area contributed by atoms with Crippen LogP contribution in [0.25, 0.3) is 116 Å². The van der Waals surface area contributed by atoms with Crippen molar-refractivity contribution >= 4 is 54.5 Å². The number of hydrogen-bond donors (Lipinski definition) is 1. The van der Waals surface area contributed by atoms with Gasteiger partial charge >= 0.3 is 0 Å². The molecule has 1 N–H and O–H groups in total. The largest absolute Gasteiger partial charge is 0.507 e. The number of aromatic nitrogens is 3. The number of benzene rings is 9. The van der Waals surface area contributed by atoms with Gasteiger partial charge in [-0.25, -0.2) is 4.98 Å². The van der Waals surface area contributed by atoms with Crippen molar-refractivity contribution in [1.82, 2.24) is 14.5 Å². The van der Waals surface area contributed by atoms with Gasteiger partial charge in [-0.15, -0.1) is 17.7 Å². The van der Waals surface area contributed by atoms with E-state index in [1.807, 2.05) is 12.3 Å². The molecule has 0 bridgehead atoms. The van der Waals surface area contributed by atoms with Gasteiger partial charge in [-0.2, -0.15) is 0 Å². The molecule has 0 spiro atoms. The molecule has 0 aliphatic heterocycles. The van der Waals surface area contributed by atoms with Crippen molar-refractivity contribution in [1.29, 1.82) is 0 Å². The summed E-state index contributed by atoms with van der Waals surface area (Å²) in [6.07, 6.45) is 1.88. The predicted octanol–water partition coefficient (Wildman–Crippen LogP) is 18.4. The Morgan fingerprint density at radius 1 is 0.514 bits per heavy atom. The van der Waals surface area contributed by atoms with E-state index >= 15 is 0 Å². The molecule has 368 valence electrons. The number of furan rings is 1. The molecule has 0 saturated heterocycles. The van der Waals surface area contributed by atoms with Gasteiger partial charge in [-0.1, -0.05) is 213 Å². The summed E-state index contributed by atoms with van der Waals surface area (Å²) in [4.78, 5) is 10.8. The van der Waals surface area contributed by atoms with Crippen molar-refractivity contribution in [3.8, 4) is 67.5 Å². The number of para-hydroxylation sites is 1. The fraction of sp³-hybridized carbons (Fsp3) is 0.176. The van der Waals surface area contributed by atoms with Crippen LogP contribution in [0.1, 0.15) is 79.0 Å². The van der Waals surface area contributed by atoms with Crippen molar-refractivity contribution in [3.63, 3.8) is 0 Å². The van der Waals surface area contributed by atoms with E-state index < -0.39 is 0 Å². The average Bonchev–Trinajstić information content (AvgIpc) is 3.97. The van der Waals surface area contributed by atoms with Gasteiger partial charge in [0.15, 0.2) is 0 Å². The van der Waals surface area contributed by atoms with E-state index in [9.17, 15) is 5.11 Å². The third-order valence-corrected chi connectivity index (χ3v) is 14.7. The van der Waals surface area contributed by atoms with Crippen molar-refractivity contribution in [2.75, 3.05) is 0 Å². The molecule has 0 aliphatic rings. The van der Waals surface area contributed by atoms with Crippen molar-refractivity contribution in [2.45, 2.75) is 78.6 Å². The monoisotopic (exact) mass is 1140 g/mol. The Balaban J connectivity index is 0.00000588. The summed E-state index contributed by atoms with van der Waals surface area (Å²) in [5.74, 6) is 0.887. The summed E-state index contributed by atoms with van der Waals surface area (Å²) >= 11 is 0. The Kier molecular flexibility index (Phi) is 11.9. The van der Waals surface area contributed by atoms with E-state index in [2.05, 4.69) is 243 Å². The van der Waals surface area contributed by atoms with Gasteiger partial charge in [0.25, 0.3) is 0 Å². The first-order chi connectivity index (χ1) is 35.0. The minimum absolute atomic E-state index is 0. The summed E-state index contributed by atoms with van der Waals surface area (Å²) in [5, 5.41) is 19.2. The van der Waals surface area contributed by atoms with Crippen molar-refractivity contribution in [2.24, 2.45) is 0 Å². The van der Waals surface area contributed by atoms with Gasteiger partial charge in [0.05, 0.1) is 27.9 Å². The van der Waals surface area contributed by atoms with E-state index in [-0.39, 0.29) is 43.1 Å². The van der Waals surface area contributed by atoms with E-state index in [0.717, 1.165) is 116 Å². The van der Waals surface area contributed by atoms with Crippen LogP contribution in [-0.4, -0.2) is 19.6 Å². The number of nitrogens with zero attached hydrogens (tertiary/aromatic N) is 3. The number of phenolic OH excluding ortho intramolecular Hbond substituents is 1. The topological polar surface area (TPSA) is 64.1 Å². The van der Waals surface area contributed by atoms with Crippen LogP contribution in [-0.2, 0) is 37.3 Å². The normalized spacial score (nSPS) is 12.3. The van der Waals surface area contributed by atoms with Crippen LogP contribution >= 0.6 is 0 Å². The van der Waals surface area contributed by atoms with Gasteiger partial charge in [-0.3, -0.25) is 9.55 Å². The van der Waals surface area contributed by atoms with Crippen LogP contribution in [0.4, 0.5) is 0 Å². The Hall–Kier alpha value is -7.59. The SMILES string of the molecule is CC(C)(C)c1ccc(-n2c(-c3cc(C(C)(C)C)cc(C(C)(C)C)c3O)nc3c(-c4[c-]c(-c5cc(-c6ccccc6)ccn5)c5oc6c(ccc7ccc8ccccc8c76)c5c4)cccc32)c(-c2ccccc2)c1.[Pt]. The number of fused-ring (bicyclic) bond motifs is 8. The molecule has 0 fully saturated rings. The quantitative estimate of drug-likeness (QED) is 0.133. The maximum Gasteiger partial charge on any atom is 0.148 e. The molecule has 5 nitrogen and oxygen atoms in total. The zero-order valence-corrected chi connectivity index (χ0v) is 45.6. The Morgan fingerprint density at radius 3 is 1.92 bits per heavy atom. The third-order valence-electron chi connectivity index (χ3n) is 14.7. The second kappa shape index (κ2) is 18.1. The van der Waals surface area contributed by atoms with Crippen LogP contribution in [0, 0.1) is 6.07 Å². The molecule has 12 aromatic rings. The molecular weight excluding hydrogens is 1090 g/mol. The summed E-state index contributed by atoms with van der Waals surface area (Å²) in [6, 6.07) is 66.2. The smallest absolute Gasteiger partial charge is 0.148 e. The molecule has 12 rings (SSSR count). The van der Waals surface area contributed by atoms with E-state index in [1.54, 1.807) is 0 Å². The fourth-order valence-electron chi connectivity index (χ4n) is 10.7. The first-order valence-corrected chi connectivity index (χ1v) is 25.4. The molecule has 0 amide bonds. The minimum atomic E-state index is -0.358. The number of imidazole rings is 1. The number of pyridine rings is 1. The zero-order chi connectivity index (χ0) is 50.6. The Bertz CT molecular complexity index is 4150. The van der Waals surface area contributed by atoms with Gasteiger partial charge in [-0.05, 0) is 95.9 Å². The standard InChI is InChI=1S/C68H58N3O2.Pt/c1-66(2,3)47-30-32-58(52(38-47)42-21-14-11-15-22-42)71-59-26-18-25-50(61(59)70-65(71)55-39-48(67(4,5)6)40-56(62(55)72)68(7,8)9)46-35-53-51-31-29-44-28-27-43-23-16-17-24-49(43)60(44)64(51)73-63(53)54(36-46)57-37-45(33-34-69-57)41-19-12-10-13-20-41;/h10-35,37-40,72H,1-9H3;/q-1;. The molecule has 9 aromatic carbocycles. The molecule has 0 radical (unpaired) electrons. The predicted molar refractivity (Wildman–Crippen MR) is 305 cm³/mol. The van der Waals surface area contributed by atoms with Gasteiger partial charge in [0, 0.05) is 54.9 Å². The summed E-state index contributed by atoms with van der Waals surface area (Å²) < 4.78 is 9.46. The molecule has 3 heterocycles. The van der Waals surface area contributed by atoms with Crippen molar-refractivity contribution in [3.05, 3.63) is 205 Å². The number of rotatable bonds is 6. The molecule has 0 saturated carbocycles. The summed E-state index contributed by atoms with van der Waals surface area (Å²) in [6.45, 7) is 20.0. The van der Waals surface area contributed by atoms with Gasteiger partial charge in [0.1, 0.15) is 17.2 Å². The molecule has 74 heavy (non-hydrogen) atoms. The molecule has 0 atom stereocenters. The molecule has 0 aliphatic carbocycles. The van der Waals surface area contributed by atoms with Crippen LogP contribution < -0.4 is 0 Å². The van der Waals surface area contributed by atoms with E-state index in [4.69, 9.17) is 14.4 Å². The maximum atomic E-state index is 12.7. The first-order valence-electron chi connectivity index (χ1n) is 25.4. The Morgan fingerprint density at radius 2 is 1.19 bits per heavy atom. The minimum Gasteiger partial charge on any atom is -0.507 e. The second-order valence-electron chi connectivity index (χ2n) is 22.7. The molecule has 6 heteroatoms. The number of phenols is 1. The molecular formula is C68H58N3O2Pt-. The Labute approximate surface area is 447 Å². The van der Waals surface area contributed by atoms with Gasteiger partial charge < -0.3 is 9.52 Å². The van der Waals surface area contributed by atoms with Crippen LogP contribution in [0.3, 0.4) is 0 Å². The second-order valence-corrected chi connectivity index (χ2v) is 22.7.